The zero-order valence-corrected chi connectivity index (χ0v) is 19.4. The molecule has 2 aromatic rings. The van der Waals surface area contributed by atoms with E-state index in [0.29, 0.717) is 32.3 Å². The number of guanidine groups is 1. The van der Waals surface area contributed by atoms with Gasteiger partial charge in [0.25, 0.3) is 0 Å². The van der Waals surface area contributed by atoms with Gasteiger partial charge in [0, 0.05) is 37.3 Å². The molecule has 29 heavy (non-hydrogen) atoms. The number of pyridine rings is 1. The third-order valence-electron chi connectivity index (χ3n) is 4.35. The minimum absolute atomic E-state index is 0. The van der Waals surface area contributed by atoms with Crippen molar-refractivity contribution in [3.8, 4) is 17.2 Å². The molecule has 1 atom stereocenters. The zero-order valence-electron chi connectivity index (χ0n) is 17.1. The Morgan fingerprint density at radius 3 is 2.90 bits per heavy atom. The van der Waals surface area contributed by atoms with Gasteiger partial charge in [-0.3, -0.25) is 9.98 Å². The van der Waals surface area contributed by atoms with Crippen LogP contribution in [0.15, 0.2) is 41.7 Å². The molecule has 7 nitrogen and oxygen atoms in total. The Labute approximate surface area is 189 Å². The molecule has 1 unspecified atom stereocenters. The van der Waals surface area contributed by atoms with Crippen LogP contribution in [0.3, 0.4) is 0 Å². The van der Waals surface area contributed by atoms with E-state index in [1.54, 1.807) is 19.4 Å². The fourth-order valence-corrected chi connectivity index (χ4v) is 3.08. The smallest absolute Gasteiger partial charge is 0.191 e. The highest BCUT2D eigenvalue weighted by Crippen LogP contribution is 2.35. The van der Waals surface area contributed by atoms with Crippen molar-refractivity contribution in [1.82, 2.24) is 15.6 Å². The summed E-state index contributed by atoms with van der Waals surface area (Å²) in [4.78, 5) is 8.29. The van der Waals surface area contributed by atoms with Crippen molar-refractivity contribution in [3.05, 3.63) is 47.8 Å². The SMILES string of the molecule is CCOc1cc2c(cc1CNC(=NC)NCCOc1cccnc1)OC(C)C2.I. The third-order valence-corrected chi connectivity index (χ3v) is 4.35. The van der Waals surface area contributed by atoms with Crippen LogP contribution in [-0.2, 0) is 13.0 Å². The van der Waals surface area contributed by atoms with Crippen LogP contribution in [0, 0.1) is 0 Å². The summed E-state index contributed by atoms with van der Waals surface area (Å²) in [6.07, 6.45) is 4.54. The summed E-state index contributed by atoms with van der Waals surface area (Å²) >= 11 is 0. The first-order valence-electron chi connectivity index (χ1n) is 9.62. The lowest BCUT2D eigenvalue weighted by Gasteiger charge is -2.16. The molecule has 0 radical (unpaired) electrons. The molecular formula is C21H29IN4O3. The van der Waals surface area contributed by atoms with Gasteiger partial charge in [-0.25, -0.2) is 0 Å². The number of rotatable bonds is 8. The molecule has 0 aliphatic carbocycles. The molecule has 0 saturated heterocycles. The lowest BCUT2D eigenvalue weighted by molar-refractivity contribution is 0.254. The van der Waals surface area contributed by atoms with E-state index in [1.165, 1.54) is 5.56 Å². The zero-order chi connectivity index (χ0) is 19.8. The normalized spacial score (nSPS) is 15.0. The van der Waals surface area contributed by atoms with Crippen LogP contribution in [0.2, 0.25) is 0 Å². The molecule has 1 aliphatic rings. The number of aliphatic imine (C=N–C) groups is 1. The number of hydrogen-bond donors (Lipinski definition) is 2. The summed E-state index contributed by atoms with van der Waals surface area (Å²) < 4.78 is 17.3. The fourth-order valence-electron chi connectivity index (χ4n) is 3.08. The predicted octanol–water partition coefficient (Wildman–Crippen LogP) is 3.17. The highest BCUT2D eigenvalue weighted by Gasteiger charge is 2.21. The number of ether oxygens (including phenoxy) is 3. The van der Waals surface area contributed by atoms with E-state index in [9.17, 15) is 0 Å². The van der Waals surface area contributed by atoms with E-state index in [-0.39, 0.29) is 30.1 Å². The minimum atomic E-state index is 0. The van der Waals surface area contributed by atoms with Crippen LogP contribution in [0.1, 0.15) is 25.0 Å². The average Bonchev–Trinajstić information content (AvgIpc) is 3.07. The second-order valence-electron chi connectivity index (χ2n) is 6.52. The van der Waals surface area contributed by atoms with E-state index in [0.717, 1.165) is 29.2 Å². The number of fused-ring (bicyclic) bond motifs is 1. The lowest BCUT2D eigenvalue weighted by atomic mass is 10.1. The van der Waals surface area contributed by atoms with Gasteiger partial charge < -0.3 is 24.8 Å². The lowest BCUT2D eigenvalue weighted by Crippen LogP contribution is -2.39. The summed E-state index contributed by atoms with van der Waals surface area (Å²) in [7, 11) is 1.74. The number of benzene rings is 1. The first kappa shape index (κ1) is 23.1. The maximum atomic E-state index is 5.88. The van der Waals surface area contributed by atoms with E-state index in [4.69, 9.17) is 14.2 Å². The molecule has 1 aromatic carbocycles. The van der Waals surface area contributed by atoms with Gasteiger partial charge in [-0.15, -0.1) is 24.0 Å². The van der Waals surface area contributed by atoms with Gasteiger partial charge in [-0.05, 0) is 38.1 Å². The van der Waals surface area contributed by atoms with Gasteiger partial charge in [-0.2, -0.15) is 0 Å². The Balaban J connectivity index is 0.00000300. The summed E-state index contributed by atoms with van der Waals surface area (Å²) in [5.74, 6) is 3.29. The maximum Gasteiger partial charge on any atom is 0.191 e. The largest absolute Gasteiger partial charge is 0.494 e. The number of halogens is 1. The molecule has 1 aliphatic heterocycles. The Morgan fingerprint density at radius 2 is 2.17 bits per heavy atom. The van der Waals surface area contributed by atoms with Crippen LogP contribution >= 0.6 is 24.0 Å². The highest BCUT2D eigenvalue weighted by molar-refractivity contribution is 14.0. The second kappa shape index (κ2) is 11.7. The van der Waals surface area contributed by atoms with Crippen LogP contribution in [-0.4, -0.2) is 43.9 Å². The second-order valence-corrected chi connectivity index (χ2v) is 6.52. The number of aromatic nitrogens is 1. The molecule has 3 rings (SSSR count). The molecular weight excluding hydrogens is 483 g/mol. The summed E-state index contributed by atoms with van der Waals surface area (Å²) in [5, 5.41) is 6.56. The fraction of sp³-hybridized carbons (Fsp3) is 0.429. The molecule has 2 heterocycles. The van der Waals surface area contributed by atoms with Crippen molar-refractivity contribution in [2.75, 3.05) is 26.8 Å². The number of nitrogens with zero attached hydrogens (tertiary/aromatic N) is 2. The van der Waals surface area contributed by atoms with Gasteiger partial charge in [0.1, 0.15) is 30.0 Å². The molecule has 0 saturated carbocycles. The van der Waals surface area contributed by atoms with Gasteiger partial charge >= 0.3 is 0 Å². The summed E-state index contributed by atoms with van der Waals surface area (Å²) in [5.41, 5.74) is 2.25. The molecule has 0 bridgehead atoms. The summed E-state index contributed by atoms with van der Waals surface area (Å²) in [6.45, 7) is 6.42. The van der Waals surface area contributed by atoms with E-state index >= 15 is 0 Å². The molecule has 1 aromatic heterocycles. The quantitative estimate of drug-likeness (QED) is 0.245. The van der Waals surface area contributed by atoms with Gasteiger partial charge in [0.15, 0.2) is 5.96 Å². The predicted molar refractivity (Wildman–Crippen MR) is 125 cm³/mol. The number of nitrogens with one attached hydrogen (secondary N) is 2. The molecule has 158 valence electrons. The van der Waals surface area contributed by atoms with Crippen molar-refractivity contribution >= 4 is 29.9 Å². The average molecular weight is 512 g/mol. The van der Waals surface area contributed by atoms with Crippen molar-refractivity contribution in [2.24, 2.45) is 4.99 Å². The van der Waals surface area contributed by atoms with E-state index in [2.05, 4.69) is 39.7 Å². The Morgan fingerprint density at radius 1 is 1.31 bits per heavy atom. The molecule has 0 amide bonds. The number of hydrogen-bond acceptors (Lipinski definition) is 5. The molecule has 0 spiro atoms. The topological polar surface area (TPSA) is 77.0 Å². The Kier molecular flexibility index (Phi) is 9.30. The molecule has 2 N–H and O–H groups in total. The molecule has 0 fully saturated rings. The standard InChI is InChI=1S/C21H28N4O3.HI/c1-4-26-19-11-16-10-15(2)28-20(16)12-17(19)13-25-21(22-3)24-8-9-27-18-6-5-7-23-14-18;/h5-7,11-12,14-15H,4,8-10,13H2,1-3H3,(H2,22,24,25);1H. The first-order valence-corrected chi connectivity index (χ1v) is 9.62. The van der Waals surface area contributed by atoms with Gasteiger partial charge in [0.2, 0.25) is 0 Å². The Bertz CT molecular complexity index is 802. The first-order chi connectivity index (χ1) is 13.7. The van der Waals surface area contributed by atoms with Gasteiger partial charge in [0.05, 0.1) is 19.3 Å². The minimum Gasteiger partial charge on any atom is -0.494 e. The third kappa shape index (κ3) is 6.66. The van der Waals surface area contributed by atoms with Crippen molar-refractivity contribution in [3.63, 3.8) is 0 Å². The monoisotopic (exact) mass is 512 g/mol. The summed E-state index contributed by atoms with van der Waals surface area (Å²) in [6, 6.07) is 7.89. The van der Waals surface area contributed by atoms with E-state index in [1.807, 2.05) is 19.1 Å². The van der Waals surface area contributed by atoms with Crippen LogP contribution in [0.25, 0.3) is 0 Å². The van der Waals surface area contributed by atoms with Gasteiger partial charge in [-0.1, -0.05) is 0 Å². The Hall–Kier alpha value is -2.23. The van der Waals surface area contributed by atoms with Crippen molar-refractivity contribution in [1.29, 1.82) is 0 Å². The van der Waals surface area contributed by atoms with Crippen LogP contribution < -0.4 is 24.8 Å². The maximum absolute atomic E-state index is 5.88. The molecule has 8 heteroatoms. The van der Waals surface area contributed by atoms with Crippen molar-refractivity contribution < 1.29 is 14.2 Å². The van der Waals surface area contributed by atoms with E-state index < -0.39 is 0 Å². The highest BCUT2D eigenvalue weighted by atomic mass is 127. The van der Waals surface area contributed by atoms with Crippen molar-refractivity contribution in [2.45, 2.75) is 32.9 Å². The van der Waals surface area contributed by atoms with Crippen LogP contribution in [0.5, 0.6) is 17.2 Å². The van der Waals surface area contributed by atoms with Crippen LogP contribution in [0.4, 0.5) is 0 Å².